The topological polar surface area (TPSA) is 20.2 Å². The molecule has 0 aliphatic heterocycles. The third kappa shape index (κ3) is 3.90. The van der Waals surface area contributed by atoms with Crippen molar-refractivity contribution in [2.75, 3.05) is 0 Å². The molecule has 0 saturated heterocycles. The number of aliphatic hydroxyl groups is 1. The van der Waals surface area contributed by atoms with Crippen LogP contribution in [0.25, 0.3) is 0 Å². The standard InChI is InChI=1S/C16H27F3O/c1-10-6-11(2)8-13(7-10)15(20)12-4-3-5-14(9-12)16(17,18)19/h10-15,20H,3-9H2,1-2H3. The van der Waals surface area contributed by atoms with E-state index in [1.165, 1.54) is 6.42 Å². The van der Waals surface area contributed by atoms with Crippen molar-refractivity contribution in [3.63, 3.8) is 0 Å². The van der Waals surface area contributed by atoms with E-state index in [4.69, 9.17) is 0 Å². The summed E-state index contributed by atoms with van der Waals surface area (Å²) in [6, 6.07) is 0. The van der Waals surface area contributed by atoms with Crippen LogP contribution in [0.3, 0.4) is 0 Å². The molecule has 1 N–H and O–H groups in total. The molecule has 0 heterocycles. The van der Waals surface area contributed by atoms with Crippen LogP contribution in [-0.2, 0) is 0 Å². The zero-order valence-electron chi connectivity index (χ0n) is 12.5. The number of hydrogen-bond acceptors (Lipinski definition) is 1. The van der Waals surface area contributed by atoms with E-state index < -0.39 is 18.2 Å². The molecule has 0 aromatic carbocycles. The van der Waals surface area contributed by atoms with E-state index in [-0.39, 0.29) is 24.7 Å². The predicted octanol–water partition coefficient (Wildman–Crippen LogP) is 4.79. The van der Waals surface area contributed by atoms with Crippen molar-refractivity contribution in [3.05, 3.63) is 0 Å². The van der Waals surface area contributed by atoms with E-state index in [9.17, 15) is 18.3 Å². The molecule has 2 aliphatic carbocycles. The Morgan fingerprint density at radius 1 is 0.900 bits per heavy atom. The molecule has 0 aromatic heterocycles. The lowest BCUT2D eigenvalue weighted by Gasteiger charge is -2.40. The van der Waals surface area contributed by atoms with Crippen LogP contribution in [0.4, 0.5) is 13.2 Å². The van der Waals surface area contributed by atoms with Gasteiger partial charge >= 0.3 is 6.18 Å². The third-order valence-electron chi connectivity index (χ3n) is 5.36. The van der Waals surface area contributed by atoms with E-state index >= 15 is 0 Å². The van der Waals surface area contributed by atoms with Gasteiger partial charge in [-0.15, -0.1) is 0 Å². The molecule has 0 aromatic rings. The summed E-state index contributed by atoms with van der Waals surface area (Å²) in [6.45, 7) is 4.38. The summed E-state index contributed by atoms with van der Waals surface area (Å²) in [5.74, 6) is 0.0127. The van der Waals surface area contributed by atoms with Gasteiger partial charge in [0.15, 0.2) is 0 Å². The number of aliphatic hydroxyl groups excluding tert-OH is 1. The second-order valence-electron chi connectivity index (χ2n) is 7.33. The molecule has 2 saturated carbocycles. The van der Waals surface area contributed by atoms with Crippen molar-refractivity contribution in [1.29, 1.82) is 0 Å². The van der Waals surface area contributed by atoms with Crippen LogP contribution < -0.4 is 0 Å². The van der Waals surface area contributed by atoms with Crippen LogP contribution in [0.2, 0.25) is 0 Å². The van der Waals surface area contributed by atoms with Crippen LogP contribution >= 0.6 is 0 Å². The van der Waals surface area contributed by atoms with Crippen molar-refractivity contribution >= 4 is 0 Å². The molecule has 2 fully saturated rings. The van der Waals surface area contributed by atoms with E-state index in [0.717, 1.165) is 19.3 Å². The number of alkyl halides is 3. The largest absolute Gasteiger partial charge is 0.393 e. The zero-order valence-corrected chi connectivity index (χ0v) is 12.5. The normalized spacial score (nSPS) is 41.4. The van der Waals surface area contributed by atoms with Gasteiger partial charge in [-0.25, -0.2) is 0 Å². The first-order chi connectivity index (χ1) is 9.27. The highest BCUT2D eigenvalue weighted by atomic mass is 19.4. The summed E-state index contributed by atoms with van der Waals surface area (Å²) < 4.78 is 38.6. The Balaban J connectivity index is 1.96. The van der Waals surface area contributed by atoms with Gasteiger partial charge in [0, 0.05) is 0 Å². The van der Waals surface area contributed by atoms with Crippen molar-refractivity contribution in [2.24, 2.45) is 29.6 Å². The highest BCUT2D eigenvalue weighted by Crippen LogP contribution is 2.44. The van der Waals surface area contributed by atoms with Gasteiger partial charge in [-0.2, -0.15) is 13.2 Å². The number of rotatable bonds is 2. The summed E-state index contributed by atoms with van der Waals surface area (Å²) in [6.07, 6.45) is 0.220. The second-order valence-corrected chi connectivity index (χ2v) is 7.33. The molecule has 0 spiro atoms. The molecule has 2 aliphatic rings. The lowest BCUT2D eigenvalue weighted by molar-refractivity contribution is -0.190. The fraction of sp³-hybridized carbons (Fsp3) is 1.00. The molecule has 5 atom stereocenters. The average Bonchev–Trinajstić information content (AvgIpc) is 2.36. The predicted molar refractivity (Wildman–Crippen MR) is 73.2 cm³/mol. The fourth-order valence-corrected chi connectivity index (χ4v) is 4.51. The average molecular weight is 292 g/mol. The minimum atomic E-state index is -4.09. The maximum atomic E-state index is 12.9. The van der Waals surface area contributed by atoms with Crippen molar-refractivity contribution in [2.45, 2.75) is 71.1 Å². The number of halogens is 3. The van der Waals surface area contributed by atoms with Crippen LogP contribution in [0, 0.1) is 29.6 Å². The lowest BCUT2D eigenvalue weighted by atomic mass is 9.68. The Labute approximate surface area is 119 Å². The highest BCUT2D eigenvalue weighted by molar-refractivity contribution is 4.87. The molecule has 1 nitrogen and oxygen atoms in total. The lowest BCUT2D eigenvalue weighted by Crippen LogP contribution is -2.39. The van der Waals surface area contributed by atoms with Crippen molar-refractivity contribution in [3.8, 4) is 0 Å². The van der Waals surface area contributed by atoms with Gasteiger partial charge in [0.05, 0.1) is 12.0 Å². The number of hydrogen-bond donors (Lipinski definition) is 1. The molecule has 0 radical (unpaired) electrons. The summed E-state index contributed by atoms with van der Waals surface area (Å²) >= 11 is 0. The molecular weight excluding hydrogens is 265 g/mol. The van der Waals surface area contributed by atoms with Gasteiger partial charge < -0.3 is 5.11 Å². The highest BCUT2D eigenvalue weighted by Gasteiger charge is 2.44. The van der Waals surface area contributed by atoms with Crippen LogP contribution in [0.5, 0.6) is 0 Å². The van der Waals surface area contributed by atoms with Crippen molar-refractivity contribution < 1.29 is 18.3 Å². The van der Waals surface area contributed by atoms with Crippen molar-refractivity contribution in [1.82, 2.24) is 0 Å². The Kier molecular flexibility index (Phi) is 5.04. The summed E-state index contributed by atoms with van der Waals surface area (Å²) in [7, 11) is 0. The first kappa shape index (κ1) is 16.1. The van der Waals surface area contributed by atoms with Crippen LogP contribution in [0.1, 0.15) is 58.8 Å². The second kappa shape index (κ2) is 6.25. The molecular formula is C16H27F3O. The van der Waals surface area contributed by atoms with Gasteiger partial charge in [-0.1, -0.05) is 20.3 Å². The van der Waals surface area contributed by atoms with Crippen LogP contribution in [0.15, 0.2) is 0 Å². The quantitative estimate of drug-likeness (QED) is 0.776. The van der Waals surface area contributed by atoms with Gasteiger partial charge in [-0.3, -0.25) is 0 Å². The summed E-state index contributed by atoms with van der Waals surface area (Å²) in [5, 5.41) is 10.6. The first-order valence-electron chi connectivity index (χ1n) is 8.02. The molecule has 2 rings (SSSR count). The fourth-order valence-electron chi connectivity index (χ4n) is 4.51. The smallest absolute Gasteiger partial charge is 0.391 e. The molecule has 118 valence electrons. The van der Waals surface area contributed by atoms with E-state index in [2.05, 4.69) is 13.8 Å². The van der Waals surface area contributed by atoms with Gasteiger partial charge in [-0.05, 0) is 62.2 Å². The van der Waals surface area contributed by atoms with E-state index in [1.54, 1.807) is 0 Å². The molecule has 4 heteroatoms. The molecule has 5 unspecified atom stereocenters. The van der Waals surface area contributed by atoms with Gasteiger partial charge in [0.1, 0.15) is 0 Å². The maximum absolute atomic E-state index is 12.9. The minimum absolute atomic E-state index is 0.129. The third-order valence-corrected chi connectivity index (χ3v) is 5.36. The Morgan fingerprint density at radius 3 is 2.05 bits per heavy atom. The van der Waals surface area contributed by atoms with Crippen LogP contribution in [-0.4, -0.2) is 17.4 Å². The zero-order chi connectivity index (χ0) is 14.9. The molecule has 0 amide bonds. The summed E-state index contributed by atoms with van der Waals surface area (Å²) in [5.41, 5.74) is 0. The Hall–Kier alpha value is -0.250. The Morgan fingerprint density at radius 2 is 1.50 bits per heavy atom. The summed E-state index contributed by atoms with van der Waals surface area (Å²) in [4.78, 5) is 0. The van der Waals surface area contributed by atoms with E-state index in [1.807, 2.05) is 0 Å². The SMILES string of the molecule is CC1CC(C)CC(C(O)C2CCCC(C(F)(F)F)C2)C1. The van der Waals surface area contributed by atoms with Gasteiger partial charge in [0.2, 0.25) is 0 Å². The Bertz CT molecular complexity index is 305. The molecule has 0 bridgehead atoms. The first-order valence-corrected chi connectivity index (χ1v) is 8.02. The molecule has 20 heavy (non-hydrogen) atoms. The maximum Gasteiger partial charge on any atom is 0.391 e. The minimum Gasteiger partial charge on any atom is -0.393 e. The van der Waals surface area contributed by atoms with E-state index in [0.29, 0.717) is 18.3 Å². The van der Waals surface area contributed by atoms with Gasteiger partial charge in [0.25, 0.3) is 0 Å². The monoisotopic (exact) mass is 292 g/mol.